The van der Waals surface area contributed by atoms with Crippen molar-refractivity contribution in [1.29, 1.82) is 0 Å². The molecule has 0 aliphatic heterocycles. The number of rotatable bonds is 6. The Hall–Kier alpha value is -0.470. The second-order valence-electron chi connectivity index (χ2n) is 5.97. The van der Waals surface area contributed by atoms with Gasteiger partial charge in [-0.25, -0.2) is 0 Å². The second kappa shape index (κ2) is 7.96. The highest BCUT2D eigenvalue weighted by Crippen LogP contribution is 2.29. The number of nitrogens with one attached hydrogen (secondary N) is 1. The van der Waals surface area contributed by atoms with Gasteiger partial charge in [-0.15, -0.1) is 11.8 Å². The van der Waals surface area contributed by atoms with Gasteiger partial charge in [-0.3, -0.25) is 0 Å². The van der Waals surface area contributed by atoms with Crippen molar-refractivity contribution in [2.75, 3.05) is 12.3 Å². The Balaban J connectivity index is 1.57. The molecule has 1 nitrogen and oxygen atoms in total. The van der Waals surface area contributed by atoms with Gasteiger partial charge in [-0.2, -0.15) is 0 Å². The van der Waals surface area contributed by atoms with Crippen LogP contribution in [0, 0.1) is 11.8 Å². The van der Waals surface area contributed by atoms with Gasteiger partial charge in [-0.1, -0.05) is 32.0 Å². The highest BCUT2D eigenvalue weighted by Gasteiger charge is 2.22. The summed E-state index contributed by atoms with van der Waals surface area (Å²) in [6, 6.07) is 11.5. The summed E-state index contributed by atoms with van der Waals surface area (Å²) in [6.45, 7) is 5.88. The quantitative estimate of drug-likeness (QED) is 0.603. The molecule has 2 heteroatoms. The molecule has 1 fully saturated rings. The van der Waals surface area contributed by atoms with E-state index in [-0.39, 0.29) is 0 Å². The summed E-state index contributed by atoms with van der Waals surface area (Å²) in [7, 11) is 0. The fourth-order valence-corrected chi connectivity index (χ4v) is 3.74. The standard InChI is InChI=1S/C17H27NS/c1-14(2)15-8-10-16(11-9-15)18-12-13-19-17-6-4-3-5-7-17/h3-7,14-16,18H,8-13H2,1-2H3. The van der Waals surface area contributed by atoms with Crippen molar-refractivity contribution in [3.8, 4) is 0 Å². The molecule has 0 bridgehead atoms. The minimum atomic E-state index is 0.770. The molecular weight excluding hydrogens is 250 g/mol. The lowest BCUT2D eigenvalue weighted by Gasteiger charge is -2.31. The first-order chi connectivity index (χ1) is 9.25. The van der Waals surface area contributed by atoms with Gasteiger partial charge in [0.25, 0.3) is 0 Å². The van der Waals surface area contributed by atoms with Gasteiger partial charge in [-0.05, 0) is 49.7 Å². The molecule has 0 atom stereocenters. The Kier molecular flexibility index (Phi) is 6.25. The van der Waals surface area contributed by atoms with Crippen molar-refractivity contribution >= 4 is 11.8 Å². The fraction of sp³-hybridized carbons (Fsp3) is 0.647. The lowest BCUT2D eigenvalue weighted by Crippen LogP contribution is -2.35. The Labute approximate surface area is 122 Å². The summed E-state index contributed by atoms with van der Waals surface area (Å²) < 4.78 is 0. The molecule has 106 valence electrons. The van der Waals surface area contributed by atoms with E-state index in [4.69, 9.17) is 0 Å². The Bertz CT molecular complexity index is 342. The van der Waals surface area contributed by atoms with E-state index in [9.17, 15) is 0 Å². The number of hydrogen-bond acceptors (Lipinski definition) is 2. The summed E-state index contributed by atoms with van der Waals surface area (Å²) in [5.74, 6) is 3.01. The van der Waals surface area contributed by atoms with Gasteiger partial charge in [0, 0.05) is 23.2 Å². The molecule has 2 rings (SSSR count). The summed E-state index contributed by atoms with van der Waals surface area (Å²) in [4.78, 5) is 1.38. The second-order valence-corrected chi connectivity index (χ2v) is 7.14. The molecule has 0 radical (unpaired) electrons. The summed E-state index contributed by atoms with van der Waals surface area (Å²) in [5.41, 5.74) is 0. The number of thioether (sulfide) groups is 1. The zero-order valence-corrected chi connectivity index (χ0v) is 13.1. The molecule has 1 aromatic rings. The first kappa shape index (κ1) is 14.9. The van der Waals surface area contributed by atoms with Crippen LogP contribution in [0.5, 0.6) is 0 Å². The third-order valence-corrected chi connectivity index (χ3v) is 5.28. The molecule has 19 heavy (non-hydrogen) atoms. The van der Waals surface area contributed by atoms with E-state index in [1.165, 1.54) is 36.3 Å². The lowest BCUT2D eigenvalue weighted by molar-refractivity contribution is 0.241. The summed E-state index contributed by atoms with van der Waals surface area (Å²) in [6.07, 6.45) is 5.58. The van der Waals surface area contributed by atoms with E-state index < -0.39 is 0 Å². The summed E-state index contributed by atoms with van der Waals surface area (Å²) in [5, 5.41) is 3.73. The minimum absolute atomic E-state index is 0.770. The van der Waals surface area contributed by atoms with Crippen molar-refractivity contribution in [2.45, 2.75) is 50.5 Å². The molecule has 1 saturated carbocycles. The maximum Gasteiger partial charge on any atom is 0.0106 e. The van der Waals surface area contributed by atoms with Crippen LogP contribution < -0.4 is 5.32 Å². The zero-order valence-electron chi connectivity index (χ0n) is 12.3. The van der Waals surface area contributed by atoms with Crippen molar-refractivity contribution in [3.05, 3.63) is 30.3 Å². The fourth-order valence-electron chi connectivity index (χ4n) is 2.94. The molecule has 0 saturated heterocycles. The van der Waals surface area contributed by atoms with Crippen LogP contribution in [0.15, 0.2) is 35.2 Å². The first-order valence-electron chi connectivity index (χ1n) is 7.67. The predicted molar refractivity (Wildman–Crippen MR) is 85.8 cm³/mol. The highest BCUT2D eigenvalue weighted by atomic mass is 32.2. The van der Waals surface area contributed by atoms with Gasteiger partial charge in [0.05, 0.1) is 0 Å². The van der Waals surface area contributed by atoms with Gasteiger partial charge >= 0.3 is 0 Å². The van der Waals surface area contributed by atoms with Crippen molar-refractivity contribution in [1.82, 2.24) is 5.32 Å². The molecular formula is C17H27NS. The predicted octanol–water partition coefficient (Wildman–Crippen LogP) is 4.58. The third kappa shape index (κ3) is 5.19. The Morgan fingerprint density at radius 2 is 1.79 bits per heavy atom. The Morgan fingerprint density at radius 1 is 1.11 bits per heavy atom. The average Bonchev–Trinajstić information content (AvgIpc) is 2.45. The summed E-state index contributed by atoms with van der Waals surface area (Å²) >= 11 is 1.95. The van der Waals surface area contributed by atoms with Crippen LogP contribution in [0.4, 0.5) is 0 Å². The SMILES string of the molecule is CC(C)C1CCC(NCCSc2ccccc2)CC1. The van der Waals surface area contributed by atoms with Gasteiger partial charge in [0.2, 0.25) is 0 Å². The minimum Gasteiger partial charge on any atom is -0.313 e. The van der Waals surface area contributed by atoms with Crippen LogP contribution in [0.3, 0.4) is 0 Å². The molecule has 0 spiro atoms. The number of benzene rings is 1. The van der Waals surface area contributed by atoms with Crippen LogP contribution in [0.25, 0.3) is 0 Å². The van der Waals surface area contributed by atoms with E-state index in [1.54, 1.807) is 0 Å². The van der Waals surface area contributed by atoms with Crippen LogP contribution >= 0.6 is 11.8 Å². The average molecular weight is 277 g/mol. The lowest BCUT2D eigenvalue weighted by atomic mass is 9.80. The number of hydrogen-bond donors (Lipinski definition) is 1. The monoisotopic (exact) mass is 277 g/mol. The molecule has 0 heterocycles. The normalized spacial score (nSPS) is 23.7. The molecule has 1 aliphatic carbocycles. The van der Waals surface area contributed by atoms with E-state index in [2.05, 4.69) is 49.5 Å². The smallest absolute Gasteiger partial charge is 0.0106 e. The Morgan fingerprint density at radius 3 is 2.42 bits per heavy atom. The molecule has 1 aliphatic rings. The van der Waals surface area contributed by atoms with Crippen molar-refractivity contribution in [3.63, 3.8) is 0 Å². The van der Waals surface area contributed by atoms with Crippen LogP contribution in [-0.4, -0.2) is 18.3 Å². The van der Waals surface area contributed by atoms with E-state index >= 15 is 0 Å². The zero-order chi connectivity index (χ0) is 13.5. The van der Waals surface area contributed by atoms with Gasteiger partial charge < -0.3 is 5.32 Å². The largest absolute Gasteiger partial charge is 0.313 e. The van der Waals surface area contributed by atoms with E-state index in [0.29, 0.717) is 0 Å². The maximum atomic E-state index is 3.73. The molecule has 1 N–H and O–H groups in total. The van der Waals surface area contributed by atoms with Gasteiger partial charge in [0.1, 0.15) is 0 Å². The molecule has 0 amide bonds. The highest BCUT2D eigenvalue weighted by molar-refractivity contribution is 7.99. The van der Waals surface area contributed by atoms with Crippen molar-refractivity contribution in [2.24, 2.45) is 11.8 Å². The molecule has 0 unspecified atom stereocenters. The third-order valence-electron chi connectivity index (χ3n) is 4.26. The topological polar surface area (TPSA) is 12.0 Å². The van der Waals surface area contributed by atoms with Crippen LogP contribution in [-0.2, 0) is 0 Å². The van der Waals surface area contributed by atoms with Gasteiger partial charge in [0.15, 0.2) is 0 Å². The van der Waals surface area contributed by atoms with Crippen LogP contribution in [0.2, 0.25) is 0 Å². The van der Waals surface area contributed by atoms with Crippen molar-refractivity contribution < 1.29 is 0 Å². The molecule has 0 aromatic heterocycles. The van der Waals surface area contributed by atoms with E-state index in [0.717, 1.165) is 24.4 Å². The van der Waals surface area contributed by atoms with E-state index in [1.807, 2.05) is 11.8 Å². The maximum absolute atomic E-state index is 3.73. The first-order valence-corrected chi connectivity index (χ1v) is 8.65. The molecule has 1 aromatic carbocycles. The van der Waals surface area contributed by atoms with Crippen LogP contribution in [0.1, 0.15) is 39.5 Å².